The van der Waals surface area contributed by atoms with E-state index in [0.29, 0.717) is 17.3 Å². The van der Waals surface area contributed by atoms with E-state index in [2.05, 4.69) is 21.6 Å². The number of hydrogen-bond acceptors (Lipinski definition) is 3. The van der Waals surface area contributed by atoms with Crippen LogP contribution in [0, 0.1) is 11.3 Å². The van der Waals surface area contributed by atoms with Crippen molar-refractivity contribution in [3.63, 3.8) is 0 Å². The van der Waals surface area contributed by atoms with Crippen LogP contribution < -0.4 is 5.32 Å². The fourth-order valence-corrected chi connectivity index (χ4v) is 3.22. The second-order valence-electron chi connectivity index (χ2n) is 6.53. The van der Waals surface area contributed by atoms with Crippen LogP contribution in [0.25, 0.3) is 10.8 Å². The van der Waals surface area contributed by atoms with Gasteiger partial charge in [0.05, 0.1) is 11.6 Å². The fraction of sp³-hybridized carbons (Fsp3) is 0.250. The lowest BCUT2D eigenvalue weighted by molar-refractivity contribution is -0.117. The first-order chi connectivity index (χ1) is 12.2. The van der Waals surface area contributed by atoms with Crippen LogP contribution in [0.1, 0.15) is 48.4 Å². The van der Waals surface area contributed by atoms with E-state index in [9.17, 15) is 10.1 Å². The summed E-state index contributed by atoms with van der Waals surface area (Å²) in [5, 5.41) is 21.5. The Kier molecular flexibility index (Phi) is 3.73. The highest BCUT2D eigenvalue weighted by atomic mass is 16.1. The van der Waals surface area contributed by atoms with E-state index in [-0.39, 0.29) is 11.8 Å². The summed E-state index contributed by atoms with van der Waals surface area (Å²) in [6.45, 7) is 1.87. The minimum Gasteiger partial charge on any atom is -0.308 e. The maximum Gasteiger partial charge on any atom is 0.232 e. The van der Waals surface area contributed by atoms with E-state index in [0.717, 1.165) is 34.9 Å². The Morgan fingerprint density at radius 1 is 1.28 bits per heavy atom. The number of hydrogen-bond donors (Lipinski definition) is 2. The molecule has 25 heavy (non-hydrogen) atoms. The first-order valence-electron chi connectivity index (χ1n) is 8.46. The number of fused-ring (bicyclic) bond motifs is 1. The van der Waals surface area contributed by atoms with E-state index >= 15 is 0 Å². The predicted molar refractivity (Wildman–Crippen MR) is 96.3 cm³/mol. The van der Waals surface area contributed by atoms with Gasteiger partial charge in [-0.2, -0.15) is 10.4 Å². The molecule has 1 aliphatic rings. The molecule has 0 aliphatic heterocycles. The van der Waals surface area contributed by atoms with E-state index in [1.807, 2.05) is 49.4 Å². The van der Waals surface area contributed by atoms with E-state index in [4.69, 9.17) is 0 Å². The molecule has 1 atom stereocenters. The van der Waals surface area contributed by atoms with Crippen LogP contribution in [0.2, 0.25) is 0 Å². The number of benzene rings is 2. The maximum atomic E-state index is 12.7. The van der Waals surface area contributed by atoms with Crippen LogP contribution in [0.15, 0.2) is 42.5 Å². The van der Waals surface area contributed by atoms with Gasteiger partial charge in [0.25, 0.3) is 0 Å². The number of aromatic amines is 1. The first kappa shape index (κ1) is 15.4. The molecule has 1 aromatic heterocycles. The van der Waals surface area contributed by atoms with Gasteiger partial charge in [-0.15, -0.1) is 0 Å². The maximum absolute atomic E-state index is 12.7. The quantitative estimate of drug-likeness (QED) is 0.757. The summed E-state index contributed by atoms with van der Waals surface area (Å²) in [7, 11) is 0. The number of aromatic nitrogens is 2. The Hall–Kier alpha value is -3.13. The van der Waals surface area contributed by atoms with Crippen molar-refractivity contribution in [3.8, 4) is 6.07 Å². The molecule has 0 spiro atoms. The molecule has 0 bridgehead atoms. The van der Waals surface area contributed by atoms with Gasteiger partial charge in [-0.25, -0.2) is 0 Å². The third-order valence-electron chi connectivity index (χ3n) is 4.82. The number of nitriles is 1. The lowest BCUT2D eigenvalue weighted by Crippen LogP contribution is -2.20. The molecule has 1 amide bonds. The van der Waals surface area contributed by atoms with Crippen LogP contribution >= 0.6 is 0 Å². The Morgan fingerprint density at radius 2 is 2.04 bits per heavy atom. The van der Waals surface area contributed by atoms with Crippen molar-refractivity contribution < 1.29 is 4.79 Å². The number of rotatable bonds is 4. The molecule has 1 saturated carbocycles. The van der Waals surface area contributed by atoms with Crippen LogP contribution in [0.4, 0.5) is 5.82 Å². The summed E-state index contributed by atoms with van der Waals surface area (Å²) >= 11 is 0. The van der Waals surface area contributed by atoms with E-state index in [1.54, 1.807) is 0 Å². The van der Waals surface area contributed by atoms with Gasteiger partial charge in [0, 0.05) is 5.92 Å². The van der Waals surface area contributed by atoms with Gasteiger partial charge in [0.2, 0.25) is 5.91 Å². The number of anilines is 1. The number of carbonyl (C=O) groups excluding carboxylic acids is 1. The minimum absolute atomic E-state index is 0.165. The van der Waals surface area contributed by atoms with Crippen molar-refractivity contribution in [2.24, 2.45) is 0 Å². The van der Waals surface area contributed by atoms with Crippen molar-refractivity contribution in [1.29, 1.82) is 5.26 Å². The highest BCUT2D eigenvalue weighted by molar-refractivity contribution is 5.99. The Bertz CT molecular complexity index is 989. The lowest BCUT2D eigenvalue weighted by Gasteiger charge is -2.14. The zero-order valence-electron chi connectivity index (χ0n) is 13.9. The molecule has 1 unspecified atom stereocenters. The highest BCUT2D eigenvalue weighted by Crippen LogP contribution is 2.41. The summed E-state index contributed by atoms with van der Waals surface area (Å²) in [4.78, 5) is 12.7. The first-order valence-corrected chi connectivity index (χ1v) is 8.46. The Balaban J connectivity index is 1.62. The van der Waals surface area contributed by atoms with Crippen LogP contribution in [-0.2, 0) is 4.79 Å². The Morgan fingerprint density at radius 3 is 2.80 bits per heavy atom. The molecule has 2 aromatic carbocycles. The highest BCUT2D eigenvalue weighted by Gasteiger charge is 2.30. The molecule has 0 radical (unpaired) electrons. The second-order valence-corrected chi connectivity index (χ2v) is 6.53. The molecule has 5 heteroatoms. The number of carbonyl (C=O) groups is 1. The number of nitrogens with one attached hydrogen (secondary N) is 2. The van der Waals surface area contributed by atoms with Crippen molar-refractivity contribution in [2.75, 3.05) is 5.32 Å². The van der Waals surface area contributed by atoms with E-state index < -0.39 is 0 Å². The van der Waals surface area contributed by atoms with Gasteiger partial charge in [-0.1, -0.05) is 42.5 Å². The molecule has 5 nitrogen and oxygen atoms in total. The SMILES string of the molecule is CC(C(=O)Nc1n[nH]c(C2CC2)c1C#N)c1cccc2ccccc12. The van der Waals surface area contributed by atoms with Gasteiger partial charge in [-0.05, 0) is 36.1 Å². The summed E-state index contributed by atoms with van der Waals surface area (Å²) < 4.78 is 0. The fourth-order valence-electron chi connectivity index (χ4n) is 3.22. The third kappa shape index (κ3) is 2.76. The van der Waals surface area contributed by atoms with Crippen molar-refractivity contribution in [2.45, 2.75) is 31.6 Å². The standard InChI is InChI=1S/C20H18N4O/c1-12(15-8-4-6-13-5-2-3-7-16(13)15)20(25)22-19-17(11-21)18(23-24-19)14-9-10-14/h2-8,12,14H,9-10H2,1H3,(H2,22,23,24,25). The summed E-state index contributed by atoms with van der Waals surface area (Å²) in [6.07, 6.45) is 2.13. The average molecular weight is 330 g/mol. The van der Waals surface area contributed by atoms with Crippen molar-refractivity contribution in [1.82, 2.24) is 10.2 Å². The molecule has 3 aromatic rings. The van der Waals surface area contributed by atoms with Gasteiger partial charge in [0.15, 0.2) is 5.82 Å². The van der Waals surface area contributed by atoms with Gasteiger partial charge in [-0.3, -0.25) is 9.89 Å². The molecule has 1 aliphatic carbocycles. The van der Waals surface area contributed by atoms with Crippen molar-refractivity contribution >= 4 is 22.5 Å². The topological polar surface area (TPSA) is 81.6 Å². The molecule has 4 rings (SSSR count). The predicted octanol–water partition coefficient (Wildman–Crippen LogP) is 4.05. The second kappa shape index (κ2) is 6.06. The molecule has 2 N–H and O–H groups in total. The van der Waals surface area contributed by atoms with E-state index in [1.165, 1.54) is 0 Å². The zero-order chi connectivity index (χ0) is 17.4. The average Bonchev–Trinajstić information content (AvgIpc) is 3.41. The lowest BCUT2D eigenvalue weighted by atomic mass is 9.94. The largest absolute Gasteiger partial charge is 0.308 e. The number of amides is 1. The molecular formula is C20H18N4O. The zero-order valence-corrected chi connectivity index (χ0v) is 13.9. The summed E-state index contributed by atoms with van der Waals surface area (Å²) in [5.74, 6) is 0.199. The normalized spacial score (nSPS) is 14.9. The molecule has 1 heterocycles. The molecular weight excluding hydrogens is 312 g/mol. The third-order valence-corrected chi connectivity index (χ3v) is 4.82. The van der Waals surface area contributed by atoms with Crippen molar-refractivity contribution in [3.05, 3.63) is 59.3 Å². The summed E-state index contributed by atoms with van der Waals surface area (Å²) in [5.41, 5.74) is 2.27. The monoisotopic (exact) mass is 330 g/mol. The van der Waals surface area contributed by atoms with Gasteiger partial charge < -0.3 is 5.32 Å². The molecule has 124 valence electrons. The smallest absolute Gasteiger partial charge is 0.232 e. The number of H-pyrrole nitrogens is 1. The van der Waals surface area contributed by atoms with Gasteiger partial charge in [0.1, 0.15) is 11.6 Å². The minimum atomic E-state index is -0.348. The summed E-state index contributed by atoms with van der Waals surface area (Å²) in [6, 6.07) is 16.2. The van der Waals surface area contributed by atoms with Gasteiger partial charge >= 0.3 is 0 Å². The van der Waals surface area contributed by atoms with Crippen LogP contribution in [0.5, 0.6) is 0 Å². The molecule has 0 saturated heterocycles. The van der Waals surface area contributed by atoms with Crippen LogP contribution in [-0.4, -0.2) is 16.1 Å². The van der Waals surface area contributed by atoms with Crippen LogP contribution in [0.3, 0.4) is 0 Å². The molecule has 1 fully saturated rings. The Labute approximate surface area is 145 Å². The number of nitrogens with zero attached hydrogens (tertiary/aromatic N) is 2.